The van der Waals surface area contributed by atoms with E-state index >= 15 is 0 Å². The lowest BCUT2D eigenvalue weighted by atomic mass is 10.1. The van der Waals surface area contributed by atoms with Gasteiger partial charge in [-0.15, -0.1) is 0 Å². The van der Waals surface area contributed by atoms with E-state index < -0.39 is 12.1 Å². The second-order valence-electron chi connectivity index (χ2n) is 3.34. The highest BCUT2D eigenvalue weighted by Gasteiger charge is 2.02. The minimum atomic E-state index is -0.869. The van der Waals surface area contributed by atoms with Gasteiger partial charge in [0.25, 0.3) is 0 Å². The SMILES string of the molecule is COc1ccc(CCNC(=O)NC(N)=O)cc1. The number of nitrogens with one attached hydrogen (secondary N) is 2. The third-order valence-corrected chi connectivity index (χ3v) is 2.10. The number of methoxy groups -OCH3 is 1. The zero-order chi connectivity index (χ0) is 12.7. The number of ether oxygens (including phenoxy) is 1. The molecule has 6 heteroatoms. The van der Waals surface area contributed by atoms with E-state index in [0.717, 1.165) is 11.3 Å². The van der Waals surface area contributed by atoms with Crippen molar-refractivity contribution < 1.29 is 14.3 Å². The van der Waals surface area contributed by atoms with Gasteiger partial charge in [0.1, 0.15) is 5.75 Å². The number of hydrogen-bond acceptors (Lipinski definition) is 3. The van der Waals surface area contributed by atoms with Gasteiger partial charge in [-0.3, -0.25) is 5.32 Å². The van der Waals surface area contributed by atoms with Crippen molar-refractivity contribution in [2.75, 3.05) is 13.7 Å². The van der Waals surface area contributed by atoms with Crippen LogP contribution in [0.1, 0.15) is 5.56 Å². The largest absolute Gasteiger partial charge is 0.497 e. The molecule has 0 saturated heterocycles. The lowest BCUT2D eigenvalue weighted by Gasteiger charge is -2.05. The molecule has 92 valence electrons. The average Bonchev–Trinajstić information content (AvgIpc) is 2.29. The maximum absolute atomic E-state index is 11.0. The summed E-state index contributed by atoms with van der Waals surface area (Å²) in [4.78, 5) is 21.4. The maximum Gasteiger partial charge on any atom is 0.322 e. The Labute approximate surface area is 99.1 Å². The lowest BCUT2D eigenvalue weighted by Crippen LogP contribution is -2.42. The summed E-state index contributed by atoms with van der Waals surface area (Å²) in [5.41, 5.74) is 5.84. The molecule has 0 bridgehead atoms. The smallest absolute Gasteiger partial charge is 0.322 e. The fraction of sp³-hybridized carbons (Fsp3) is 0.273. The molecule has 0 fully saturated rings. The van der Waals surface area contributed by atoms with E-state index in [0.29, 0.717) is 13.0 Å². The van der Waals surface area contributed by atoms with Crippen molar-refractivity contribution in [3.05, 3.63) is 29.8 Å². The van der Waals surface area contributed by atoms with Gasteiger partial charge in [-0.1, -0.05) is 12.1 Å². The molecule has 1 aromatic rings. The lowest BCUT2D eigenvalue weighted by molar-refractivity contribution is 0.231. The predicted molar refractivity (Wildman–Crippen MR) is 62.8 cm³/mol. The first-order valence-corrected chi connectivity index (χ1v) is 5.09. The summed E-state index contributed by atoms with van der Waals surface area (Å²) in [5.74, 6) is 0.785. The Hall–Kier alpha value is -2.24. The molecule has 1 rings (SSSR count). The first-order chi connectivity index (χ1) is 8.11. The Bertz CT molecular complexity index is 389. The van der Waals surface area contributed by atoms with Crippen LogP contribution >= 0.6 is 0 Å². The molecule has 0 atom stereocenters. The number of primary amides is 1. The summed E-state index contributed by atoms with van der Waals surface area (Å²) in [6.07, 6.45) is 0.663. The molecule has 0 aromatic heterocycles. The molecule has 4 amide bonds. The van der Waals surface area contributed by atoms with Crippen molar-refractivity contribution in [2.45, 2.75) is 6.42 Å². The average molecular weight is 237 g/mol. The number of carbonyl (C=O) groups excluding carboxylic acids is 2. The summed E-state index contributed by atoms with van der Waals surface area (Å²) in [5, 5.41) is 4.43. The fourth-order valence-electron chi connectivity index (χ4n) is 1.27. The van der Waals surface area contributed by atoms with Gasteiger partial charge in [-0.25, -0.2) is 9.59 Å². The van der Waals surface area contributed by atoms with Crippen LogP contribution in [0.2, 0.25) is 0 Å². The molecule has 0 heterocycles. The van der Waals surface area contributed by atoms with E-state index in [1.165, 1.54) is 0 Å². The van der Waals surface area contributed by atoms with Gasteiger partial charge < -0.3 is 15.8 Å². The van der Waals surface area contributed by atoms with Crippen LogP contribution in [-0.4, -0.2) is 25.7 Å². The number of nitrogens with two attached hydrogens (primary N) is 1. The van der Waals surface area contributed by atoms with Crippen molar-refractivity contribution in [2.24, 2.45) is 5.73 Å². The monoisotopic (exact) mass is 237 g/mol. The van der Waals surface area contributed by atoms with Gasteiger partial charge >= 0.3 is 12.1 Å². The molecule has 4 N–H and O–H groups in total. The van der Waals surface area contributed by atoms with Crippen LogP contribution in [0, 0.1) is 0 Å². The van der Waals surface area contributed by atoms with Gasteiger partial charge in [0.2, 0.25) is 0 Å². The van der Waals surface area contributed by atoms with Gasteiger partial charge in [0.15, 0.2) is 0 Å². The number of benzene rings is 1. The Morgan fingerprint density at radius 1 is 1.29 bits per heavy atom. The number of imide groups is 1. The van der Waals surface area contributed by atoms with Crippen LogP contribution in [0.15, 0.2) is 24.3 Å². The van der Waals surface area contributed by atoms with Gasteiger partial charge in [0.05, 0.1) is 7.11 Å². The second kappa shape index (κ2) is 6.37. The highest BCUT2D eigenvalue weighted by atomic mass is 16.5. The summed E-state index contributed by atoms with van der Waals surface area (Å²) in [7, 11) is 1.60. The maximum atomic E-state index is 11.0. The third-order valence-electron chi connectivity index (χ3n) is 2.10. The number of hydrogen-bond donors (Lipinski definition) is 3. The Morgan fingerprint density at radius 3 is 2.47 bits per heavy atom. The molecule has 0 unspecified atom stereocenters. The van der Waals surface area contributed by atoms with Crippen molar-refractivity contribution in [1.29, 1.82) is 0 Å². The standard InChI is InChI=1S/C11H15N3O3/c1-17-9-4-2-8(3-5-9)6-7-13-11(16)14-10(12)15/h2-5H,6-7H2,1H3,(H4,12,13,14,15,16). The molecular formula is C11H15N3O3. The topological polar surface area (TPSA) is 93.4 Å². The van der Waals surface area contributed by atoms with E-state index in [1.807, 2.05) is 29.6 Å². The quantitative estimate of drug-likeness (QED) is 0.716. The molecule has 0 aliphatic carbocycles. The minimum Gasteiger partial charge on any atom is -0.497 e. The number of urea groups is 2. The van der Waals surface area contributed by atoms with Crippen LogP contribution in [0.4, 0.5) is 9.59 Å². The van der Waals surface area contributed by atoms with Crippen molar-refractivity contribution in [3.63, 3.8) is 0 Å². The zero-order valence-corrected chi connectivity index (χ0v) is 9.53. The van der Waals surface area contributed by atoms with Crippen LogP contribution in [-0.2, 0) is 6.42 Å². The highest BCUT2D eigenvalue weighted by molar-refractivity contribution is 5.92. The summed E-state index contributed by atoms with van der Waals surface area (Å²) < 4.78 is 5.02. The molecule has 17 heavy (non-hydrogen) atoms. The van der Waals surface area contributed by atoms with Gasteiger partial charge in [-0.05, 0) is 24.1 Å². The van der Waals surface area contributed by atoms with E-state index in [2.05, 4.69) is 5.32 Å². The van der Waals surface area contributed by atoms with E-state index in [9.17, 15) is 9.59 Å². The Morgan fingerprint density at radius 2 is 1.94 bits per heavy atom. The molecule has 0 spiro atoms. The number of rotatable bonds is 4. The summed E-state index contributed by atoms with van der Waals surface area (Å²) >= 11 is 0. The zero-order valence-electron chi connectivity index (χ0n) is 9.53. The van der Waals surface area contributed by atoms with Crippen LogP contribution in [0.25, 0.3) is 0 Å². The van der Waals surface area contributed by atoms with Crippen molar-refractivity contribution in [3.8, 4) is 5.75 Å². The molecule has 0 aliphatic rings. The van der Waals surface area contributed by atoms with Crippen molar-refractivity contribution >= 4 is 12.1 Å². The Balaban J connectivity index is 2.30. The molecule has 0 saturated carbocycles. The fourth-order valence-corrected chi connectivity index (χ4v) is 1.27. The first kappa shape index (κ1) is 12.8. The van der Waals surface area contributed by atoms with Crippen LogP contribution < -0.4 is 21.1 Å². The van der Waals surface area contributed by atoms with Gasteiger partial charge in [-0.2, -0.15) is 0 Å². The molecule has 6 nitrogen and oxygen atoms in total. The number of amides is 4. The molecule has 1 aromatic carbocycles. The first-order valence-electron chi connectivity index (χ1n) is 5.09. The van der Waals surface area contributed by atoms with Crippen molar-refractivity contribution in [1.82, 2.24) is 10.6 Å². The van der Waals surface area contributed by atoms with E-state index in [-0.39, 0.29) is 0 Å². The van der Waals surface area contributed by atoms with E-state index in [4.69, 9.17) is 10.5 Å². The molecular weight excluding hydrogens is 222 g/mol. The normalized spacial score (nSPS) is 9.47. The third kappa shape index (κ3) is 4.87. The molecule has 0 radical (unpaired) electrons. The van der Waals surface area contributed by atoms with E-state index in [1.54, 1.807) is 7.11 Å². The summed E-state index contributed by atoms with van der Waals surface area (Å²) in [6, 6.07) is 6.05. The number of carbonyl (C=O) groups is 2. The molecule has 0 aliphatic heterocycles. The predicted octanol–water partition coefficient (Wildman–Crippen LogP) is 0.616. The highest BCUT2D eigenvalue weighted by Crippen LogP contribution is 2.11. The minimum absolute atomic E-state index is 0.422. The van der Waals surface area contributed by atoms with Crippen LogP contribution in [0.3, 0.4) is 0 Å². The Kier molecular flexibility index (Phi) is 4.80. The van der Waals surface area contributed by atoms with Crippen LogP contribution in [0.5, 0.6) is 5.75 Å². The second-order valence-corrected chi connectivity index (χ2v) is 3.34. The summed E-state index contributed by atoms with van der Waals surface area (Å²) in [6.45, 7) is 0.422. The van der Waals surface area contributed by atoms with Gasteiger partial charge in [0, 0.05) is 6.54 Å².